The summed E-state index contributed by atoms with van der Waals surface area (Å²) >= 11 is 0. The third-order valence-electron chi connectivity index (χ3n) is 7.39. The highest BCUT2D eigenvalue weighted by molar-refractivity contribution is 6.20. The first-order valence-electron chi connectivity index (χ1n) is 12.8. The quantitative estimate of drug-likeness (QED) is 0.427. The summed E-state index contributed by atoms with van der Waals surface area (Å²) in [6.07, 6.45) is 7.84. The number of hydrogen-bond donors (Lipinski definition) is 2. The van der Waals surface area contributed by atoms with Gasteiger partial charge < -0.3 is 24.6 Å². The van der Waals surface area contributed by atoms with Gasteiger partial charge in [-0.25, -0.2) is 0 Å². The predicted octanol–water partition coefficient (Wildman–Crippen LogP) is 3.73. The highest BCUT2D eigenvalue weighted by Gasteiger charge is 2.37. The minimum Gasteiger partial charge on any atom is -0.491 e. The maximum Gasteiger partial charge on any atom is 0.312 e. The summed E-state index contributed by atoms with van der Waals surface area (Å²) in [5.74, 6) is 0.230. The normalized spacial score (nSPS) is 21.9. The van der Waals surface area contributed by atoms with Gasteiger partial charge in [-0.2, -0.15) is 0 Å². The third-order valence-corrected chi connectivity index (χ3v) is 7.39. The van der Waals surface area contributed by atoms with Gasteiger partial charge in [-0.05, 0) is 43.4 Å². The maximum absolute atomic E-state index is 13.4. The smallest absolute Gasteiger partial charge is 0.312 e. The standard InChI is InChI=1S/C29H39NO6/c1-5-29(4,20(2)3)28(34)36-19-23(32)18-35-24-13-12-22-16-25(21-10-7-6-8-11-21)27(33)30(14-9-15-31)26(22)17-24/h6-8,10-13,16-17,20,22-23,26,31-32H,5,9,14-15,18-19H2,1-4H3. The average Bonchev–Trinajstić information content (AvgIpc) is 2.89. The Balaban J connectivity index is 1.65. The van der Waals surface area contributed by atoms with Crippen LogP contribution in [0.1, 0.15) is 46.1 Å². The number of nitrogens with zero attached hydrogens (tertiary/aromatic N) is 1. The number of carbonyl (C=O) groups is 2. The molecule has 4 unspecified atom stereocenters. The molecule has 0 saturated carbocycles. The molecule has 2 N–H and O–H groups in total. The molecule has 2 aliphatic rings. The predicted molar refractivity (Wildman–Crippen MR) is 138 cm³/mol. The summed E-state index contributed by atoms with van der Waals surface area (Å²) in [4.78, 5) is 27.7. The fourth-order valence-corrected chi connectivity index (χ4v) is 4.45. The van der Waals surface area contributed by atoms with E-state index < -0.39 is 11.5 Å². The number of amides is 1. The molecule has 36 heavy (non-hydrogen) atoms. The van der Waals surface area contributed by atoms with E-state index >= 15 is 0 Å². The Morgan fingerprint density at radius 1 is 1.17 bits per heavy atom. The second kappa shape index (κ2) is 12.4. The summed E-state index contributed by atoms with van der Waals surface area (Å²) in [5, 5.41) is 19.7. The molecule has 7 nitrogen and oxygen atoms in total. The molecule has 196 valence electrons. The van der Waals surface area contributed by atoms with Gasteiger partial charge >= 0.3 is 5.97 Å². The summed E-state index contributed by atoms with van der Waals surface area (Å²) in [6.45, 7) is 8.02. The van der Waals surface area contributed by atoms with Crippen molar-refractivity contribution in [3.63, 3.8) is 0 Å². The second-order valence-electron chi connectivity index (χ2n) is 10.0. The maximum atomic E-state index is 13.4. The van der Waals surface area contributed by atoms with Crippen molar-refractivity contribution in [3.05, 3.63) is 66.0 Å². The van der Waals surface area contributed by atoms with Crippen LogP contribution in [0.5, 0.6) is 0 Å². The summed E-state index contributed by atoms with van der Waals surface area (Å²) in [5.41, 5.74) is 0.917. The van der Waals surface area contributed by atoms with Crippen LogP contribution in [-0.4, -0.2) is 65.5 Å². The average molecular weight is 498 g/mol. The topological polar surface area (TPSA) is 96.3 Å². The molecule has 1 heterocycles. The molecule has 0 saturated heterocycles. The van der Waals surface area contributed by atoms with Gasteiger partial charge in [-0.1, -0.05) is 63.3 Å². The van der Waals surface area contributed by atoms with Crippen LogP contribution < -0.4 is 0 Å². The Labute approximate surface area is 214 Å². The van der Waals surface area contributed by atoms with E-state index in [1.807, 2.05) is 82.3 Å². The van der Waals surface area contributed by atoms with Crippen molar-refractivity contribution in [1.29, 1.82) is 0 Å². The largest absolute Gasteiger partial charge is 0.491 e. The van der Waals surface area contributed by atoms with Crippen LogP contribution in [0.4, 0.5) is 0 Å². The number of aliphatic hydroxyl groups excluding tert-OH is 2. The number of ether oxygens (including phenoxy) is 2. The lowest BCUT2D eigenvalue weighted by Gasteiger charge is -2.39. The van der Waals surface area contributed by atoms with Gasteiger partial charge in [-0.3, -0.25) is 9.59 Å². The number of carbonyl (C=O) groups excluding carboxylic acids is 2. The number of fused-ring (bicyclic) bond motifs is 1. The first-order chi connectivity index (χ1) is 17.2. The van der Waals surface area contributed by atoms with E-state index in [1.54, 1.807) is 4.90 Å². The van der Waals surface area contributed by atoms with Crippen LogP contribution in [-0.2, 0) is 19.1 Å². The zero-order valence-corrected chi connectivity index (χ0v) is 21.7. The molecule has 0 aromatic heterocycles. The zero-order chi connectivity index (χ0) is 26.3. The lowest BCUT2D eigenvalue weighted by atomic mass is 9.77. The highest BCUT2D eigenvalue weighted by atomic mass is 16.5. The van der Waals surface area contributed by atoms with Crippen molar-refractivity contribution in [1.82, 2.24) is 4.90 Å². The molecule has 1 amide bonds. The van der Waals surface area contributed by atoms with Gasteiger partial charge in [0.1, 0.15) is 25.1 Å². The molecule has 4 atom stereocenters. The van der Waals surface area contributed by atoms with E-state index in [9.17, 15) is 19.8 Å². The minimum atomic E-state index is -0.975. The van der Waals surface area contributed by atoms with Crippen LogP contribution in [0.3, 0.4) is 0 Å². The van der Waals surface area contributed by atoms with Gasteiger partial charge in [-0.15, -0.1) is 0 Å². The van der Waals surface area contributed by atoms with Gasteiger partial charge in [0.2, 0.25) is 0 Å². The van der Waals surface area contributed by atoms with Gasteiger partial charge in [0.05, 0.1) is 11.5 Å². The van der Waals surface area contributed by atoms with Crippen molar-refractivity contribution >= 4 is 17.4 Å². The van der Waals surface area contributed by atoms with Crippen LogP contribution in [0, 0.1) is 17.3 Å². The Morgan fingerprint density at radius 2 is 1.89 bits per heavy atom. The summed E-state index contributed by atoms with van der Waals surface area (Å²) in [6, 6.07) is 9.32. The van der Waals surface area contributed by atoms with E-state index in [1.165, 1.54) is 0 Å². The van der Waals surface area contributed by atoms with E-state index in [0.29, 0.717) is 30.7 Å². The van der Waals surface area contributed by atoms with Crippen molar-refractivity contribution in [3.8, 4) is 0 Å². The molecule has 1 aliphatic heterocycles. The number of aliphatic hydroxyl groups is 2. The Kier molecular flexibility index (Phi) is 9.51. The second-order valence-corrected chi connectivity index (χ2v) is 10.0. The Hall–Kier alpha value is -2.90. The molecule has 0 spiro atoms. The monoisotopic (exact) mass is 497 g/mol. The fraction of sp³-hybridized carbons (Fsp3) is 0.517. The van der Waals surface area contributed by atoms with E-state index in [4.69, 9.17) is 9.47 Å². The zero-order valence-electron chi connectivity index (χ0n) is 21.7. The highest BCUT2D eigenvalue weighted by Crippen LogP contribution is 2.34. The number of allylic oxidation sites excluding steroid dienone is 1. The number of benzene rings is 1. The Bertz CT molecular complexity index is 998. The van der Waals surface area contributed by atoms with Crippen LogP contribution in [0.15, 0.2) is 60.4 Å². The molecule has 0 fully saturated rings. The minimum absolute atomic E-state index is 0.00669. The molecular weight excluding hydrogens is 458 g/mol. The van der Waals surface area contributed by atoms with Gasteiger partial charge in [0.15, 0.2) is 0 Å². The fourth-order valence-electron chi connectivity index (χ4n) is 4.45. The Morgan fingerprint density at radius 3 is 2.53 bits per heavy atom. The SMILES string of the molecule is CCC(C)(C(=O)OCC(O)COC1=CC2C(C=C1)C=C(c1ccccc1)C(=O)N2CCCO)C(C)C. The molecule has 1 aromatic carbocycles. The molecule has 0 bridgehead atoms. The van der Waals surface area contributed by atoms with Crippen molar-refractivity contribution in [2.75, 3.05) is 26.4 Å². The molecule has 1 aromatic rings. The number of hydrogen-bond acceptors (Lipinski definition) is 6. The lowest BCUT2D eigenvalue weighted by Crippen LogP contribution is -2.47. The molecule has 3 rings (SSSR count). The molecular formula is C29H39NO6. The first-order valence-corrected chi connectivity index (χ1v) is 12.8. The van der Waals surface area contributed by atoms with Gasteiger partial charge in [0.25, 0.3) is 5.91 Å². The van der Waals surface area contributed by atoms with Crippen molar-refractivity contribution < 1.29 is 29.3 Å². The van der Waals surface area contributed by atoms with Crippen molar-refractivity contribution in [2.24, 2.45) is 17.3 Å². The lowest BCUT2D eigenvalue weighted by molar-refractivity contribution is -0.161. The van der Waals surface area contributed by atoms with Crippen LogP contribution in [0.2, 0.25) is 0 Å². The van der Waals surface area contributed by atoms with Crippen LogP contribution >= 0.6 is 0 Å². The number of esters is 1. The van der Waals surface area contributed by atoms with Crippen LogP contribution in [0.25, 0.3) is 5.57 Å². The van der Waals surface area contributed by atoms with Crippen molar-refractivity contribution in [2.45, 2.75) is 52.7 Å². The van der Waals surface area contributed by atoms with E-state index in [-0.39, 0.29) is 49.6 Å². The van der Waals surface area contributed by atoms with E-state index in [0.717, 1.165) is 5.56 Å². The first kappa shape index (κ1) is 27.7. The van der Waals surface area contributed by atoms with E-state index in [2.05, 4.69) is 0 Å². The van der Waals surface area contributed by atoms with Gasteiger partial charge in [0, 0.05) is 24.6 Å². The molecule has 1 aliphatic carbocycles. The number of rotatable bonds is 12. The third kappa shape index (κ3) is 6.26. The summed E-state index contributed by atoms with van der Waals surface area (Å²) in [7, 11) is 0. The summed E-state index contributed by atoms with van der Waals surface area (Å²) < 4.78 is 11.2. The molecule has 7 heteroatoms. The molecule has 0 radical (unpaired) electrons.